The summed E-state index contributed by atoms with van der Waals surface area (Å²) >= 11 is 0. The van der Waals surface area contributed by atoms with Gasteiger partial charge >= 0.3 is 0 Å². The van der Waals surface area contributed by atoms with E-state index >= 15 is 0 Å². The summed E-state index contributed by atoms with van der Waals surface area (Å²) in [5, 5.41) is 0.774. The molecule has 19 heavy (non-hydrogen) atoms. The second-order valence-electron chi connectivity index (χ2n) is 4.37. The minimum absolute atomic E-state index is 0.594. The Kier molecular flexibility index (Phi) is 2.59. The zero-order valence-electron chi connectivity index (χ0n) is 10.7. The van der Waals surface area contributed by atoms with Gasteiger partial charge in [0.05, 0.1) is 11.1 Å². The molecule has 0 atom stereocenters. The Morgan fingerprint density at radius 2 is 2.16 bits per heavy atom. The van der Waals surface area contributed by atoms with Crippen LogP contribution in [-0.2, 0) is 7.05 Å². The number of aldehydes is 1. The molecule has 0 radical (unpaired) electrons. The molecule has 0 fully saturated rings. The van der Waals surface area contributed by atoms with Crippen LogP contribution in [0.5, 0.6) is 0 Å². The van der Waals surface area contributed by atoms with E-state index in [1.165, 1.54) is 0 Å². The number of pyridine rings is 1. The lowest BCUT2D eigenvalue weighted by Gasteiger charge is -2.05. The molecule has 5 heteroatoms. The van der Waals surface area contributed by atoms with Crippen LogP contribution in [0.2, 0.25) is 0 Å². The summed E-state index contributed by atoms with van der Waals surface area (Å²) in [6.07, 6.45) is 6.05. The first kappa shape index (κ1) is 11.5. The van der Waals surface area contributed by atoms with Gasteiger partial charge in [-0.25, -0.2) is 9.97 Å². The monoisotopic (exact) mass is 252 g/mol. The van der Waals surface area contributed by atoms with Crippen LogP contribution in [0.15, 0.2) is 30.7 Å². The highest BCUT2D eigenvalue weighted by Crippen LogP contribution is 2.28. The third-order valence-electron chi connectivity index (χ3n) is 3.02. The van der Waals surface area contributed by atoms with Crippen LogP contribution >= 0.6 is 0 Å². The maximum Gasteiger partial charge on any atom is 0.152 e. The highest BCUT2D eigenvalue weighted by Gasteiger charge is 2.15. The van der Waals surface area contributed by atoms with Gasteiger partial charge in [-0.05, 0) is 19.1 Å². The molecule has 0 saturated carbocycles. The molecular formula is C14H12N4O. The number of aryl methyl sites for hydroxylation is 2. The summed E-state index contributed by atoms with van der Waals surface area (Å²) in [5.41, 5.74) is 2.98. The molecule has 0 aliphatic heterocycles. The van der Waals surface area contributed by atoms with Gasteiger partial charge in [-0.2, -0.15) is 0 Å². The maximum absolute atomic E-state index is 11.2. The Labute approximate surface area is 110 Å². The molecule has 5 nitrogen and oxygen atoms in total. The topological polar surface area (TPSA) is 60.7 Å². The predicted octanol–water partition coefficient (Wildman–Crippen LogP) is 2.15. The number of hydrogen-bond donors (Lipinski definition) is 0. The zero-order valence-corrected chi connectivity index (χ0v) is 10.7. The third kappa shape index (κ3) is 1.79. The number of aromatic nitrogens is 4. The fraction of sp³-hybridized carbons (Fsp3) is 0.143. The number of carbonyl (C=O) groups excluding carboxylic acids is 1. The quantitative estimate of drug-likeness (QED) is 0.656. The molecule has 0 saturated heterocycles. The molecule has 0 N–H and O–H groups in total. The Balaban J connectivity index is 2.44. The Morgan fingerprint density at radius 3 is 2.84 bits per heavy atom. The van der Waals surface area contributed by atoms with E-state index in [9.17, 15) is 4.79 Å². The molecule has 0 aliphatic rings. The maximum atomic E-state index is 11.2. The van der Waals surface area contributed by atoms with Gasteiger partial charge in [0.1, 0.15) is 11.5 Å². The normalized spacial score (nSPS) is 10.8. The van der Waals surface area contributed by atoms with Crippen LogP contribution in [0.3, 0.4) is 0 Å². The van der Waals surface area contributed by atoms with Crippen molar-refractivity contribution in [3.05, 3.63) is 42.1 Å². The van der Waals surface area contributed by atoms with Crippen LogP contribution in [0, 0.1) is 6.92 Å². The van der Waals surface area contributed by atoms with Crippen molar-refractivity contribution < 1.29 is 4.79 Å². The molecule has 0 spiro atoms. The van der Waals surface area contributed by atoms with Gasteiger partial charge in [0.15, 0.2) is 6.29 Å². The highest BCUT2D eigenvalue weighted by atomic mass is 16.1. The van der Waals surface area contributed by atoms with Crippen molar-refractivity contribution in [2.45, 2.75) is 6.92 Å². The van der Waals surface area contributed by atoms with Crippen molar-refractivity contribution in [2.75, 3.05) is 0 Å². The van der Waals surface area contributed by atoms with E-state index in [0.717, 1.165) is 28.6 Å². The standard InChI is InChI=1S/C14H12N4O/c1-9-16-13(10-4-3-5-15-6-10)12-11(8-19)7-18(2)14(12)17-9/h3-8H,1-2H3. The molecule has 0 unspecified atom stereocenters. The molecule has 3 aromatic heterocycles. The lowest BCUT2D eigenvalue weighted by atomic mass is 10.1. The lowest BCUT2D eigenvalue weighted by Crippen LogP contribution is -1.96. The molecule has 0 amide bonds. The summed E-state index contributed by atoms with van der Waals surface area (Å²) in [6, 6.07) is 3.78. The van der Waals surface area contributed by atoms with Gasteiger partial charge < -0.3 is 4.57 Å². The Bertz CT molecular complexity index is 762. The summed E-state index contributed by atoms with van der Waals surface area (Å²) in [7, 11) is 1.87. The molecule has 0 bridgehead atoms. The fourth-order valence-electron chi connectivity index (χ4n) is 2.21. The van der Waals surface area contributed by atoms with Gasteiger partial charge in [-0.1, -0.05) is 0 Å². The second-order valence-corrected chi connectivity index (χ2v) is 4.37. The van der Waals surface area contributed by atoms with Crippen molar-refractivity contribution in [1.29, 1.82) is 0 Å². The second kappa shape index (κ2) is 4.28. The van der Waals surface area contributed by atoms with Crippen LogP contribution < -0.4 is 0 Å². The van der Waals surface area contributed by atoms with Crippen molar-refractivity contribution >= 4 is 17.3 Å². The summed E-state index contributed by atoms with van der Waals surface area (Å²) in [6.45, 7) is 1.84. The van der Waals surface area contributed by atoms with Crippen LogP contribution in [0.1, 0.15) is 16.2 Å². The minimum atomic E-state index is 0.594. The van der Waals surface area contributed by atoms with Gasteiger partial charge in [0.25, 0.3) is 0 Å². The molecule has 94 valence electrons. The van der Waals surface area contributed by atoms with Crippen LogP contribution in [-0.4, -0.2) is 25.8 Å². The average molecular weight is 252 g/mol. The number of carbonyl (C=O) groups is 1. The molecule has 0 aromatic carbocycles. The van der Waals surface area contributed by atoms with E-state index in [-0.39, 0.29) is 0 Å². The van der Waals surface area contributed by atoms with E-state index in [1.807, 2.05) is 30.7 Å². The number of hydrogen-bond acceptors (Lipinski definition) is 4. The summed E-state index contributed by atoms with van der Waals surface area (Å²) in [5.74, 6) is 0.671. The lowest BCUT2D eigenvalue weighted by molar-refractivity contribution is 0.112. The Morgan fingerprint density at radius 1 is 1.32 bits per heavy atom. The van der Waals surface area contributed by atoms with E-state index in [2.05, 4.69) is 15.0 Å². The smallest absolute Gasteiger partial charge is 0.152 e. The van der Waals surface area contributed by atoms with Gasteiger partial charge in [-0.15, -0.1) is 0 Å². The van der Waals surface area contributed by atoms with E-state index in [0.29, 0.717) is 11.4 Å². The number of rotatable bonds is 2. The van der Waals surface area contributed by atoms with Crippen LogP contribution in [0.25, 0.3) is 22.3 Å². The molecule has 3 rings (SSSR count). The van der Waals surface area contributed by atoms with Gasteiger partial charge in [0, 0.05) is 36.8 Å². The Hall–Kier alpha value is -2.56. The van der Waals surface area contributed by atoms with Crippen LogP contribution in [0.4, 0.5) is 0 Å². The molecular weight excluding hydrogens is 240 g/mol. The van der Waals surface area contributed by atoms with E-state index in [4.69, 9.17) is 0 Å². The number of nitrogens with zero attached hydrogens (tertiary/aromatic N) is 4. The van der Waals surface area contributed by atoms with E-state index < -0.39 is 0 Å². The highest BCUT2D eigenvalue weighted by molar-refractivity contribution is 6.03. The van der Waals surface area contributed by atoms with Crippen molar-refractivity contribution in [3.8, 4) is 11.3 Å². The average Bonchev–Trinajstić information content (AvgIpc) is 2.76. The zero-order chi connectivity index (χ0) is 13.4. The minimum Gasteiger partial charge on any atom is -0.335 e. The van der Waals surface area contributed by atoms with E-state index in [1.54, 1.807) is 18.6 Å². The SMILES string of the molecule is Cc1nc(-c2cccnc2)c2c(C=O)cn(C)c2n1. The fourth-order valence-corrected chi connectivity index (χ4v) is 2.21. The summed E-state index contributed by atoms with van der Waals surface area (Å²) in [4.78, 5) is 24.2. The van der Waals surface area contributed by atoms with Crippen molar-refractivity contribution in [3.63, 3.8) is 0 Å². The first-order valence-electron chi connectivity index (χ1n) is 5.90. The first-order chi connectivity index (χ1) is 9.20. The van der Waals surface area contributed by atoms with Gasteiger partial charge in [0.2, 0.25) is 0 Å². The predicted molar refractivity (Wildman–Crippen MR) is 71.9 cm³/mol. The van der Waals surface area contributed by atoms with Crippen molar-refractivity contribution in [2.24, 2.45) is 7.05 Å². The first-order valence-corrected chi connectivity index (χ1v) is 5.90. The molecule has 3 aromatic rings. The third-order valence-corrected chi connectivity index (χ3v) is 3.02. The molecule has 0 aliphatic carbocycles. The largest absolute Gasteiger partial charge is 0.335 e. The molecule has 3 heterocycles. The number of fused-ring (bicyclic) bond motifs is 1. The van der Waals surface area contributed by atoms with Crippen molar-refractivity contribution in [1.82, 2.24) is 19.5 Å². The van der Waals surface area contributed by atoms with Gasteiger partial charge in [-0.3, -0.25) is 9.78 Å². The summed E-state index contributed by atoms with van der Waals surface area (Å²) < 4.78 is 1.84.